The summed E-state index contributed by atoms with van der Waals surface area (Å²) in [6, 6.07) is 16.5. The number of rotatable bonds is 4. The summed E-state index contributed by atoms with van der Waals surface area (Å²) in [4.78, 5) is 25.2. The SMILES string of the molecule is O=C(Oc1ccc2c(=O)c(Oc3ccccc3Br)coc2c1)c1ccc2c(c1)OCO2. The summed E-state index contributed by atoms with van der Waals surface area (Å²) in [5, 5.41) is 0.299. The number of carbonyl (C=O) groups excluding carboxylic acids is 1. The van der Waals surface area contributed by atoms with Crippen LogP contribution in [0.15, 0.2) is 80.6 Å². The van der Waals surface area contributed by atoms with Crippen LogP contribution in [0.1, 0.15) is 10.4 Å². The van der Waals surface area contributed by atoms with E-state index < -0.39 is 5.97 Å². The van der Waals surface area contributed by atoms with E-state index in [-0.39, 0.29) is 29.3 Å². The molecule has 0 atom stereocenters. The van der Waals surface area contributed by atoms with Crippen LogP contribution in [0.3, 0.4) is 0 Å². The van der Waals surface area contributed by atoms with Gasteiger partial charge in [-0.2, -0.15) is 0 Å². The number of halogens is 1. The fourth-order valence-electron chi connectivity index (χ4n) is 3.06. The van der Waals surface area contributed by atoms with Gasteiger partial charge in [0.15, 0.2) is 11.5 Å². The maximum atomic E-state index is 12.8. The van der Waals surface area contributed by atoms with Crippen molar-refractivity contribution >= 4 is 32.9 Å². The number of carbonyl (C=O) groups is 1. The summed E-state index contributed by atoms with van der Waals surface area (Å²) >= 11 is 3.38. The van der Waals surface area contributed by atoms with E-state index in [1.165, 1.54) is 24.5 Å². The second-order valence-corrected chi connectivity index (χ2v) is 7.43. The van der Waals surface area contributed by atoms with Crippen LogP contribution in [0.2, 0.25) is 0 Å². The number of ether oxygens (including phenoxy) is 4. The smallest absolute Gasteiger partial charge is 0.343 e. The molecule has 1 aliphatic heterocycles. The lowest BCUT2D eigenvalue weighted by Crippen LogP contribution is -2.09. The lowest BCUT2D eigenvalue weighted by atomic mass is 10.2. The molecule has 1 aromatic heterocycles. The average molecular weight is 481 g/mol. The molecule has 8 heteroatoms. The van der Waals surface area contributed by atoms with Gasteiger partial charge < -0.3 is 23.4 Å². The monoisotopic (exact) mass is 480 g/mol. The van der Waals surface area contributed by atoms with Crippen molar-refractivity contribution in [2.75, 3.05) is 6.79 Å². The van der Waals surface area contributed by atoms with Crippen LogP contribution in [0.4, 0.5) is 0 Å². The number of esters is 1. The van der Waals surface area contributed by atoms with E-state index in [4.69, 9.17) is 23.4 Å². The molecule has 7 nitrogen and oxygen atoms in total. The molecule has 0 unspecified atom stereocenters. The third kappa shape index (κ3) is 3.73. The number of benzene rings is 3. The second kappa shape index (κ2) is 7.81. The first-order valence-electron chi connectivity index (χ1n) is 9.18. The van der Waals surface area contributed by atoms with Gasteiger partial charge in [-0.05, 0) is 58.4 Å². The Morgan fingerprint density at radius 2 is 1.77 bits per heavy atom. The number of fused-ring (bicyclic) bond motifs is 2. The molecule has 0 saturated heterocycles. The Morgan fingerprint density at radius 1 is 0.935 bits per heavy atom. The zero-order chi connectivity index (χ0) is 21.4. The summed E-state index contributed by atoms with van der Waals surface area (Å²) in [6.07, 6.45) is 1.23. The lowest BCUT2D eigenvalue weighted by molar-refractivity contribution is 0.0734. The van der Waals surface area contributed by atoms with Crippen molar-refractivity contribution in [1.82, 2.24) is 0 Å². The molecule has 0 saturated carbocycles. The molecule has 4 aromatic rings. The predicted molar refractivity (Wildman–Crippen MR) is 114 cm³/mol. The van der Waals surface area contributed by atoms with Crippen molar-refractivity contribution in [3.8, 4) is 28.7 Å². The van der Waals surface area contributed by atoms with Crippen LogP contribution < -0.4 is 24.4 Å². The van der Waals surface area contributed by atoms with Crippen LogP contribution in [0.5, 0.6) is 28.7 Å². The van der Waals surface area contributed by atoms with Crippen LogP contribution in [-0.4, -0.2) is 12.8 Å². The minimum absolute atomic E-state index is 0.0458. The Hall–Kier alpha value is -3.78. The standard InChI is InChI=1S/C23H13BrO7/c24-16-3-1-2-4-17(16)31-21-11-27-19-10-14(6-7-15(19)22(21)25)30-23(26)13-5-8-18-20(9-13)29-12-28-18/h1-11H,12H2. The molecule has 0 radical (unpaired) electrons. The van der Waals surface area contributed by atoms with E-state index in [1.54, 1.807) is 36.4 Å². The third-order valence-electron chi connectivity index (χ3n) is 4.59. The van der Waals surface area contributed by atoms with Gasteiger partial charge in [-0.1, -0.05) is 12.1 Å². The Kier molecular flexibility index (Phi) is 4.83. The molecule has 0 N–H and O–H groups in total. The summed E-state index contributed by atoms with van der Waals surface area (Å²) in [6.45, 7) is 0.116. The number of hydrogen-bond donors (Lipinski definition) is 0. The molecule has 0 spiro atoms. The molecule has 3 aromatic carbocycles. The van der Waals surface area contributed by atoms with Gasteiger partial charge in [-0.15, -0.1) is 0 Å². The molecule has 0 bridgehead atoms. The zero-order valence-corrected chi connectivity index (χ0v) is 17.4. The maximum absolute atomic E-state index is 12.8. The predicted octanol–water partition coefficient (Wildman–Crippen LogP) is 5.30. The molecule has 0 amide bonds. The van der Waals surface area contributed by atoms with Crippen LogP contribution >= 0.6 is 15.9 Å². The summed E-state index contributed by atoms with van der Waals surface area (Å²) in [5.74, 6) is 1.25. The Balaban J connectivity index is 1.40. The molecule has 5 rings (SSSR count). The molecule has 1 aliphatic rings. The van der Waals surface area contributed by atoms with Gasteiger partial charge in [-0.25, -0.2) is 4.79 Å². The van der Waals surface area contributed by atoms with Crippen molar-refractivity contribution < 1.29 is 28.2 Å². The van der Waals surface area contributed by atoms with E-state index in [0.29, 0.717) is 32.7 Å². The van der Waals surface area contributed by atoms with Crippen molar-refractivity contribution in [1.29, 1.82) is 0 Å². The Morgan fingerprint density at radius 3 is 2.65 bits per heavy atom. The highest BCUT2D eigenvalue weighted by atomic mass is 79.9. The Bertz CT molecular complexity index is 1380. The van der Waals surface area contributed by atoms with Crippen molar-refractivity contribution in [2.24, 2.45) is 0 Å². The van der Waals surface area contributed by atoms with Crippen LogP contribution in [-0.2, 0) is 0 Å². The first-order chi connectivity index (χ1) is 15.1. The summed E-state index contributed by atoms with van der Waals surface area (Å²) in [7, 11) is 0. The van der Waals surface area contributed by atoms with Crippen LogP contribution in [0, 0.1) is 0 Å². The molecule has 2 heterocycles. The van der Waals surface area contributed by atoms with E-state index in [0.717, 1.165) is 0 Å². The van der Waals surface area contributed by atoms with Crippen molar-refractivity contribution in [3.63, 3.8) is 0 Å². The summed E-state index contributed by atoms with van der Waals surface area (Å²) in [5.41, 5.74) is 0.231. The largest absolute Gasteiger partial charge is 0.460 e. The quantitative estimate of drug-likeness (QED) is 0.289. The highest BCUT2D eigenvalue weighted by molar-refractivity contribution is 9.10. The van der Waals surface area contributed by atoms with Crippen molar-refractivity contribution in [2.45, 2.75) is 0 Å². The van der Waals surface area contributed by atoms with E-state index in [1.807, 2.05) is 6.07 Å². The lowest BCUT2D eigenvalue weighted by Gasteiger charge is -2.08. The third-order valence-corrected chi connectivity index (χ3v) is 5.24. The van der Waals surface area contributed by atoms with Gasteiger partial charge in [-0.3, -0.25) is 4.79 Å². The van der Waals surface area contributed by atoms with E-state index >= 15 is 0 Å². The van der Waals surface area contributed by atoms with Crippen molar-refractivity contribution in [3.05, 3.63) is 87.2 Å². The topological polar surface area (TPSA) is 84.2 Å². The zero-order valence-electron chi connectivity index (χ0n) is 15.8. The van der Waals surface area contributed by atoms with Gasteiger partial charge in [0.2, 0.25) is 18.0 Å². The van der Waals surface area contributed by atoms with Gasteiger partial charge in [0.25, 0.3) is 0 Å². The second-order valence-electron chi connectivity index (χ2n) is 6.58. The first-order valence-corrected chi connectivity index (χ1v) is 9.97. The first kappa shape index (κ1) is 19.2. The molecule has 31 heavy (non-hydrogen) atoms. The molecule has 0 aliphatic carbocycles. The molecule has 0 fully saturated rings. The van der Waals surface area contributed by atoms with Crippen LogP contribution in [0.25, 0.3) is 11.0 Å². The minimum Gasteiger partial charge on any atom is -0.460 e. The molecule has 154 valence electrons. The van der Waals surface area contributed by atoms with Gasteiger partial charge in [0.1, 0.15) is 23.3 Å². The van der Waals surface area contributed by atoms with Gasteiger partial charge in [0.05, 0.1) is 15.4 Å². The molecular weight excluding hydrogens is 468 g/mol. The number of para-hydroxylation sites is 1. The number of hydrogen-bond acceptors (Lipinski definition) is 7. The highest BCUT2D eigenvalue weighted by Crippen LogP contribution is 2.33. The normalized spacial score (nSPS) is 12.0. The fraction of sp³-hybridized carbons (Fsp3) is 0.0435. The van der Waals surface area contributed by atoms with E-state index in [9.17, 15) is 9.59 Å². The minimum atomic E-state index is -0.575. The maximum Gasteiger partial charge on any atom is 0.343 e. The highest BCUT2D eigenvalue weighted by Gasteiger charge is 2.18. The van der Waals surface area contributed by atoms with Gasteiger partial charge >= 0.3 is 5.97 Å². The van der Waals surface area contributed by atoms with E-state index in [2.05, 4.69) is 15.9 Å². The fourth-order valence-corrected chi connectivity index (χ4v) is 3.43. The van der Waals surface area contributed by atoms with Gasteiger partial charge in [0, 0.05) is 6.07 Å². The molecular formula is C23H13BrO7. The summed E-state index contributed by atoms with van der Waals surface area (Å²) < 4.78 is 27.9. The average Bonchev–Trinajstić information content (AvgIpc) is 3.25. The Labute approximate surface area is 183 Å².